The predicted molar refractivity (Wildman–Crippen MR) is 132 cm³/mol. The van der Waals surface area contributed by atoms with E-state index in [-0.39, 0.29) is 40.8 Å². The zero-order valence-corrected chi connectivity index (χ0v) is 21.7. The molecule has 2 aliphatic heterocycles. The molecule has 36 heavy (non-hydrogen) atoms. The maximum Gasteiger partial charge on any atom is 0.342 e. The van der Waals surface area contributed by atoms with Gasteiger partial charge in [0.1, 0.15) is 11.3 Å². The number of methoxy groups -OCH3 is 1. The number of ether oxygens (including phenoxy) is 2. The van der Waals surface area contributed by atoms with E-state index in [0.717, 1.165) is 5.56 Å². The number of fused-ring (bicyclic) bond motifs is 1. The van der Waals surface area contributed by atoms with Gasteiger partial charge >= 0.3 is 5.97 Å². The van der Waals surface area contributed by atoms with Crippen LogP contribution in [0.5, 0.6) is 5.75 Å². The summed E-state index contributed by atoms with van der Waals surface area (Å²) in [6.45, 7) is 1.66. The minimum absolute atomic E-state index is 0.0151. The van der Waals surface area contributed by atoms with Gasteiger partial charge in [0.25, 0.3) is 15.9 Å². The van der Waals surface area contributed by atoms with Gasteiger partial charge in [-0.3, -0.25) is 9.10 Å². The van der Waals surface area contributed by atoms with Crippen molar-refractivity contribution in [3.8, 4) is 5.75 Å². The number of anilines is 1. The van der Waals surface area contributed by atoms with Crippen molar-refractivity contribution in [3.05, 3.63) is 53.6 Å². The van der Waals surface area contributed by atoms with Crippen LogP contribution in [-0.2, 0) is 35.8 Å². The minimum atomic E-state index is -3.97. The first kappa shape index (κ1) is 26.0. The topological polar surface area (TPSA) is 127 Å². The molecule has 1 fully saturated rings. The van der Waals surface area contributed by atoms with Crippen LogP contribution in [-0.4, -0.2) is 78.0 Å². The molecule has 0 bridgehead atoms. The molecule has 0 saturated carbocycles. The number of carbonyl (C=O) groups is 2. The van der Waals surface area contributed by atoms with Gasteiger partial charge in [0.15, 0.2) is 16.4 Å². The van der Waals surface area contributed by atoms with Crippen LogP contribution in [0, 0.1) is 0 Å². The molecule has 10 nitrogen and oxygen atoms in total. The van der Waals surface area contributed by atoms with Crippen LogP contribution in [0.2, 0.25) is 0 Å². The molecule has 1 amide bonds. The average Bonchev–Trinajstić information content (AvgIpc) is 3.46. The molecule has 2 aromatic carbocycles. The first-order chi connectivity index (χ1) is 17.1. The van der Waals surface area contributed by atoms with Crippen molar-refractivity contribution in [2.75, 3.05) is 42.6 Å². The van der Waals surface area contributed by atoms with Gasteiger partial charge in [-0.2, -0.15) is 0 Å². The van der Waals surface area contributed by atoms with E-state index >= 15 is 0 Å². The second-order valence-corrected chi connectivity index (χ2v) is 12.7. The zero-order valence-electron chi connectivity index (χ0n) is 20.0. The van der Waals surface area contributed by atoms with E-state index in [4.69, 9.17) is 9.47 Å². The summed E-state index contributed by atoms with van der Waals surface area (Å²) in [5.41, 5.74) is 1.38. The van der Waals surface area contributed by atoms with Crippen molar-refractivity contribution in [3.63, 3.8) is 0 Å². The highest BCUT2D eigenvalue weighted by molar-refractivity contribution is 7.93. The summed E-state index contributed by atoms with van der Waals surface area (Å²) in [6, 6.07) is 10.7. The summed E-state index contributed by atoms with van der Waals surface area (Å²) in [7, 11) is -5.82. The molecule has 0 aliphatic carbocycles. The van der Waals surface area contributed by atoms with Crippen LogP contribution in [0.3, 0.4) is 0 Å². The van der Waals surface area contributed by atoms with Crippen molar-refractivity contribution in [1.29, 1.82) is 0 Å². The third kappa shape index (κ3) is 5.05. The van der Waals surface area contributed by atoms with Crippen molar-refractivity contribution in [1.82, 2.24) is 4.90 Å². The van der Waals surface area contributed by atoms with Crippen LogP contribution >= 0.6 is 0 Å². The Bertz CT molecular complexity index is 1390. The summed E-state index contributed by atoms with van der Waals surface area (Å²) in [6.07, 6.45) is 0.919. The van der Waals surface area contributed by atoms with Gasteiger partial charge in [0, 0.05) is 19.1 Å². The Morgan fingerprint density at radius 2 is 1.92 bits per heavy atom. The molecular weight excluding hydrogens is 508 g/mol. The van der Waals surface area contributed by atoms with Crippen LogP contribution < -0.4 is 9.04 Å². The summed E-state index contributed by atoms with van der Waals surface area (Å²) in [5.74, 6) is -1.45. The Kier molecular flexibility index (Phi) is 7.28. The van der Waals surface area contributed by atoms with Crippen molar-refractivity contribution < 1.29 is 35.9 Å². The van der Waals surface area contributed by atoms with E-state index in [0.29, 0.717) is 18.5 Å². The summed E-state index contributed by atoms with van der Waals surface area (Å²) in [5, 5.41) is 0. The Labute approximate surface area is 210 Å². The third-order valence-corrected chi connectivity index (χ3v) is 10.0. The Hall–Kier alpha value is -3.12. The fraction of sp³-hybridized carbons (Fsp3) is 0.417. The quantitative estimate of drug-likeness (QED) is 0.466. The monoisotopic (exact) mass is 536 g/mol. The van der Waals surface area contributed by atoms with Gasteiger partial charge < -0.3 is 14.4 Å². The van der Waals surface area contributed by atoms with Gasteiger partial charge in [-0.05, 0) is 49.6 Å². The fourth-order valence-corrected chi connectivity index (χ4v) is 7.90. The van der Waals surface area contributed by atoms with Crippen LogP contribution in [0.15, 0.2) is 47.4 Å². The van der Waals surface area contributed by atoms with Gasteiger partial charge in [-0.15, -0.1) is 0 Å². The lowest BCUT2D eigenvalue weighted by molar-refractivity contribution is -0.136. The maximum atomic E-state index is 13.4. The molecule has 1 saturated heterocycles. The fourth-order valence-electron chi connectivity index (χ4n) is 4.64. The number of nitrogens with zero attached hydrogens (tertiary/aromatic N) is 2. The van der Waals surface area contributed by atoms with Crippen LogP contribution in [0.4, 0.5) is 5.69 Å². The van der Waals surface area contributed by atoms with Gasteiger partial charge in [-0.1, -0.05) is 18.2 Å². The second-order valence-electron chi connectivity index (χ2n) is 8.63. The first-order valence-electron chi connectivity index (χ1n) is 11.5. The first-order valence-corrected chi connectivity index (χ1v) is 14.8. The molecule has 1 atom stereocenters. The molecule has 0 radical (unpaired) electrons. The van der Waals surface area contributed by atoms with E-state index in [1.54, 1.807) is 19.1 Å². The van der Waals surface area contributed by atoms with Crippen LogP contribution in [0.1, 0.15) is 29.3 Å². The number of benzene rings is 2. The highest BCUT2D eigenvalue weighted by Crippen LogP contribution is 2.34. The molecule has 0 spiro atoms. The Balaban J connectivity index is 1.52. The number of sulfone groups is 1. The molecule has 2 aliphatic rings. The number of para-hydroxylation sites is 1. The Morgan fingerprint density at radius 1 is 1.17 bits per heavy atom. The number of sulfonamides is 1. The number of esters is 1. The summed E-state index contributed by atoms with van der Waals surface area (Å²) < 4.78 is 62.1. The summed E-state index contributed by atoms with van der Waals surface area (Å²) in [4.78, 5) is 26.9. The van der Waals surface area contributed by atoms with Crippen molar-refractivity contribution in [2.45, 2.75) is 30.7 Å². The van der Waals surface area contributed by atoms with Crippen LogP contribution in [0.25, 0.3) is 0 Å². The number of amides is 1. The smallest absolute Gasteiger partial charge is 0.342 e. The standard InChI is InChI=1S/C24H28N2O8S2/c1-3-25(18-11-13-35(29,30)16-18)23(27)15-34-24(28)20-14-19(8-9-22(20)33-2)36(31,32)26-12-10-17-6-4-5-7-21(17)26/h4-9,14,18H,3,10-13,15-16H2,1-2H3/t18-/m1/s1. The normalized spacial score (nSPS) is 18.5. The molecule has 0 unspecified atom stereocenters. The zero-order chi connectivity index (χ0) is 26.1. The highest BCUT2D eigenvalue weighted by Gasteiger charge is 2.35. The van der Waals surface area contributed by atoms with E-state index in [1.165, 1.54) is 34.5 Å². The van der Waals surface area contributed by atoms with Gasteiger partial charge in [0.05, 0.1) is 29.2 Å². The maximum absolute atomic E-state index is 13.4. The van der Waals surface area contributed by atoms with E-state index in [1.807, 2.05) is 12.1 Å². The van der Waals surface area contributed by atoms with Crippen molar-refractivity contribution in [2.24, 2.45) is 0 Å². The van der Waals surface area contributed by atoms with Gasteiger partial charge in [0.2, 0.25) is 0 Å². The molecule has 12 heteroatoms. The second kappa shape index (κ2) is 10.1. The molecule has 194 valence electrons. The highest BCUT2D eigenvalue weighted by atomic mass is 32.2. The van der Waals surface area contributed by atoms with Gasteiger partial charge in [-0.25, -0.2) is 21.6 Å². The van der Waals surface area contributed by atoms with E-state index in [2.05, 4.69) is 0 Å². The molecular formula is C24H28N2O8S2. The number of hydrogen-bond donors (Lipinski definition) is 0. The third-order valence-electron chi connectivity index (χ3n) is 6.46. The lowest BCUT2D eigenvalue weighted by atomic mass is 10.2. The predicted octanol–water partition coefficient (Wildman–Crippen LogP) is 1.64. The minimum Gasteiger partial charge on any atom is -0.496 e. The van der Waals surface area contributed by atoms with Crippen molar-refractivity contribution >= 4 is 37.4 Å². The SMILES string of the molecule is CCN(C(=O)COC(=O)c1cc(S(=O)(=O)N2CCc3ccccc32)ccc1OC)[C@@H]1CCS(=O)(=O)C1. The Morgan fingerprint density at radius 3 is 2.58 bits per heavy atom. The van der Waals surface area contributed by atoms with E-state index < -0.39 is 44.4 Å². The average molecular weight is 537 g/mol. The van der Waals surface area contributed by atoms with E-state index in [9.17, 15) is 26.4 Å². The molecule has 0 N–H and O–H groups in total. The lowest BCUT2D eigenvalue weighted by Gasteiger charge is -2.26. The molecule has 2 aromatic rings. The molecule has 4 rings (SSSR count). The number of likely N-dealkylation sites (N-methyl/N-ethyl adjacent to an activating group) is 1. The summed E-state index contributed by atoms with van der Waals surface area (Å²) >= 11 is 0. The largest absolute Gasteiger partial charge is 0.496 e. The number of hydrogen-bond acceptors (Lipinski definition) is 8. The molecule has 0 aromatic heterocycles. The number of rotatable bonds is 8. The number of carbonyl (C=O) groups excluding carboxylic acids is 2. The molecule has 2 heterocycles. The lowest BCUT2D eigenvalue weighted by Crippen LogP contribution is -2.43.